The van der Waals surface area contributed by atoms with Gasteiger partial charge in [0.2, 0.25) is 11.8 Å². The molecule has 0 bridgehead atoms. The second-order valence-corrected chi connectivity index (χ2v) is 7.67. The van der Waals surface area contributed by atoms with Gasteiger partial charge in [0.05, 0.1) is 23.5 Å². The summed E-state index contributed by atoms with van der Waals surface area (Å²) in [5.41, 5.74) is 5.88. The standard InChI is InChI=1S/C25H26N4O2/c1-17-15-18(2)29(28-17)22-11-9-20(10-12-22)13-14-26-24(30)16-23-19(3)31-25(27-23)21-7-5-4-6-8-21/h4-12,15H,13-14,16H2,1-3H3,(H,26,30). The molecule has 6 heteroatoms. The molecule has 0 unspecified atom stereocenters. The fourth-order valence-electron chi connectivity index (χ4n) is 3.55. The SMILES string of the molecule is Cc1cc(C)n(-c2ccc(CCNC(=O)Cc3nc(-c4ccccc4)oc3C)cc2)n1. The summed E-state index contributed by atoms with van der Waals surface area (Å²) in [5, 5.41) is 7.49. The number of hydrogen-bond acceptors (Lipinski definition) is 4. The predicted octanol–water partition coefficient (Wildman–Crippen LogP) is 4.35. The van der Waals surface area contributed by atoms with Crippen molar-refractivity contribution < 1.29 is 9.21 Å². The van der Waals surface area contributed by atoms with Gasteiger partial charge in [0.1, 0.15) is 5.76 Å². The topological polar surface area (TPSA) is 73.0 Å². The van der Waals surface area contributed by atoms with Crippen LogP contribution in [0.4, 0.5) is 0 Å². The summed E-state index contributed by atoms with van der Waals surface area (Å²) in [6.07, 6.45) is 0.967. The van der Waals surface area contributed by atoms with Gasteiger partial charge in [-0.15, -0.1) is 0 Å². The molecule has 0 aliphatic heterocycles. The molecule has 0 saturated carbocycles. The average Bonchev–Trinajstić information content (AvgIpc) is 3.30. The Morgan fingerprint density at radius 3 is 2.45 bits per heavy atom. The van der Waals surface area contributed by atoms with E-state index in [0.717, 1.165) is 34.6 Å². The summed E-state index contributed by atoms with van der Waals surface area (Å²) in [7, 11) is 0. The lowest BCUT2D eigenvalue weighted by Gasteiger charge is -2.07. The third-order valence-corrected chi connectivity index (χ3v) is 5.17. The van der Waals surface area contributed by atoms with Gasteiger partial charge in [0.15, 0.2) is 0 Å². The van der Waals surface area contributed by atoms with Gasteiger partial charge in [-0.25, -0.2) is 9.67 Å². The molecule has 2 aromatic heterocycles. The van der Waals surface area contributed by atoms with Crippen molar-refractivity contribution in [3.63, 3.8) is 0 Å². The number of nitrogens with zero attached hydrogens (tertiary/aromatic N) is 3. The second kappa shape index (κ2) is 9.00. The first kappa shape index (κ1) is 20.6. The van der Waals surface area contributed by atoms with Gasteiger partial charge in [0.25, 0.3) is 0 Å². The van der Waals surface area contributed by atoms with Gasteiger partial charge in [-0.05, 0) is 63.1 Å². The zero-order valence-electron chi connectivity index (χ0n) is 18.1. The molecule has 0 radical (unpaired) electrons. The highest BCUT2D eigenvalue weighted by molar-refractivity contribution is 5.78. The van der Waals surface area contributed by atoms with E-state index in [9.17, 15) is 4.79 Å². The first-order valence-electron chi connectivity index (χ1n) is 10.4. The number of carbonyl (C=O) groups is 1. The van der Waals surface area contributed by atoms with Crippen LogP contribution in [-0.4, -0.2) is 27.2 Å². The Balaban J connectivity index is 1.30. The Morgan fingerprint density at radius 1 is 1.03 bits per heavy atom. The highest BCUT2D eigenvalue weighted by Crippen LogP contribution is 2.21. The van der Waals surface area contributed by atoms with Crippen molar-refractivity contribution in [2.75, 3.05) is 6.54 Å². The van der Waals surface area contributed by atoms with Crippen LogP contribution in [0.5, 0.6) is 0 Å². The van der Waals surface area contributed by atoms with Gasteiger partial charge >= 0.3 is 0 Å². The summed E-state index contributed by atoms with van der Waals surface area (Å²) in [6.45, 7) is 6.44. The molecular weight excluding hydrogens is 388 g/mol. The lowest BCUT2D eigenvalue weighted by Crippen LogP contribution is -2.27. The number of aromatic nitrogens is 3. The van der Waals surface area contributed by atoms with E-state index in [-0.39, 0.29) is 12.3 Å². The molecule has 0 atom stereocenters. The third kappa shape index (κ3) is 4.91. The molecule has 4 rings (SSSR count). The van der Waals surface area contributed by atoms with E-state index in [0.29, 0.717) is 23.9 Å². The van der Waals surface area contributed by atoms with E-state index in [2.05, 4.69) is 45.7 Å². The number of carbonyl (C=O) groups excluding carboxylic acids is 1. The highest BCUT2D eigenvalue weighted by atomic mass is 16.4. The average molecular weight is 415 g/mol. The second-order valence-electron chi connectivity index (χ2n) is 7.67. The molecule has 4 aromatic rings. The van der Waals surface area contributed by atoms with Gasteiger partial charge < -0.3 is 9.73 Å². The molecule has 2 heterocycles. The quantitative estimate of drug-likeness (QED) is 0.488. The van der Waals surface area contributed by atoms with Crippen LogP contribution >= 0.6 is 0 Å². The summed E-state index contributed by atoms with van der Waals surface area (Å²) in [4.78, 5) is 16.9. The first-order valence-corrected chi connectivity index (χ1v) is 10.4. The van der Waals surface area contributed by atoms with Crippen LogP contribution in [0.15, 0.2) is 65.1 Å². The maximum absolute atomic E-state index is 12.4. The Kier molecular flexibility index (Phi) is 5.98. The fraction of sp³-hybridized carbons (Fsp3) is 0.240. The third-order valence-electron chi connectivity index (χ3n) is 5.17. The van der Waals surface area contributed by atoms with Crippen LogP contribution in [0.2, 0.25) is 0 Å². The zero-order chi connectivity index (χ0) is 21.8. The van der Waals surface area contributed by atoms with Crippen LogP contribution < -0.4 is 5.32 Å². The normalized spacial score (nSPS) is 10.9. The highest BCUT2D eigenvalue weighted by Gasteiger charge is 2.14. The molecule has 31 heavy (non-hydrogen) atoms. The Labute approximate surface area is 181 Å². The number of oxazole rings is 1. The van der Waals surface area contributed by atoms with Crippen LogP contribution in [0, 0.1) is 20.8 Å². The Morgan fingerprint density at radius 2 is 1.77 bits per heavy atom. The van der Waals surface area contributed by atoms with Gasteiger partial charge in [-0.3, -0.25) is 4.79 Å². The van der Waals surface area contributed by atoms with Crippen molar-refractivity contribution in [1.29, 1.82) is 0 Å². The molecule has 0 saturated heterocycles. The Bertz CT molecular complexity index is 1170. The first-order chi connectivity index (χ1) is 15.0. The maximum atomic E-state index is 12.4. The van der Waals surface area contributed by atoms with Crippen LogP contribution in [-0.2, 0) is 17.6 Å². The fourth-order valence-corrected chi connectivity index (χ4v) is 3.55. The van der Waals surface area contributed by atoms with Crippen molar-refractivity contribution >= 4 is 5.91 Å². The minimum atomic E-state index is -0.0599. The van der Waals surface area contributed by atoms with E-state index in [1.54, 1.807) is 0 Å². The summed E-state index contributed by atoms with van der Waals surface area (Å²) < 4.78 is 7.67. The zero-order valence-corrected chi connectivity index (χ0v) is 18.1. The molecule has 1 N–H and O–H groups in total. The predicted molar refractivity (Wildman–Crippen MR) is 120 cm³/mol. The van der Waals surface area contributed by atoms with E-state index in [1.807, 2.05) is 55.8 Å². The number of amides is 1. The van der Waals surface area contributed by atoms with Crippen molar-refractivity contribution in [3.8, 4) is 17.1 Å². The van der Waals surface area contributed by atoms with Gasteiger partial charge in [-0.2, -0.15) is 5.10 Å². The summed E-state index contributed by atoms with van der Waals surface area (Å²) >= 11 is 0. The van der Waals surface area contributed by atoms with Gasteiger partial charge in [-0.1, -0.05) is 30.3 Å². The van der Waals surface area contributed by atoms with Crippen molar-refractivity contribution in [3.05, 3.63) is 89.1 Å². The maximum Gasteiger partial charge on any atom is 0.226 e. The Hall–Kier alpha value is -3.67. The van der Waals surface area contributed by atoms with Crippen molar-refractivity contribution in [2.24, 2.45) is 0 Å². The van der Waals surface area contributed by atoms with Crippen molar-refractivity contribution in [1.82, 2.24) is 20.1 Å². The number of benzene rings is 2. The smallest absolute Gasteiger partial charge is 0.226 e. The molecule has 6 nitrogen and oxygen atoms in total. The largest absolute Gasteiger partial charge is 0.441 e. The molecule has 2 aromatic carbocycles. The number of nitrogens with one attached hydrogen (secondary N) is 1. The van der Waals surface area contributed by atoms with Crippen LogP contribution in [0.3, 0.4) is 0 Å². The number of rotatable bonds is 7. The van der Waals surface area contributed by atoms with Crippen LogP contribution in [0.25, 0.3) is 17.1 Å². The van der Waals surface area contributed by atoms with E-state index < -0.39 is 0 Å². The van der Waals surface area contributed by atoms with Crippen LogP contribution in [0.1, 0.15) is 28.4 Å². The summed E-state index contributed by atoms with van der Waals surface area (Å²) in [5.74, 6) is 1.16. The lowest BCUT2D eigenvalue weighted by atomic mass is 10.1. The number of hydrogen-bond donors (Lipinski definition) is 1. The van der Waals surface area contributed by atoms with E-state index in [4.69, 9.17) is 4.42 Å². The number of aryl methyl sites for hydroxylation is 3. The minimum absolute atomic E-state index is 0.0599. The molecular formula is C25H26N4O2. The molecule has 0 spiro atoms. The lowest BCUT2D eigenvalue weighted by molar-refractivity contribution is -0.120. The molecule has 158 valence electrons. The monoisotopic (exact) mass is 414 g/mol. The molecule has 0 aliphatic rings. The van der Waals surface area contributed by atoms with E-state index in [1.165, 1.54) is 0 Å². The molecule has 1 amide bonds. The molecule has 0 aliphatic carbocycles. The van der Waals surface area contributed by atoms with Gasteiger partial charge in [0, 0.05) is 17.8 Å². The molecule has 0 fully saturated rings. The minimum Gasteiger partial charge on any atom is -0.441 e. The summed E-state index contributed by atoms with van der Waals surface area (Å²) in [6, 6.07) is 20.0. The van der Waals surface area contributed by atoms with Crippen molar-refractivity contribution in [2.45, 2.75) is 33.6 Å². The van der Waals surface area contributed by atoms with E-state index >= 15 is 0 Å².